The van der Waals surface area contributed by atoms with Gasteiger partial charge in [0.05, 0.1) is 13.2 Å². The number of amides is 2. The van der Waals surface area contributed by atoms with Crippen molar-refractivity contribution in [2.24, 2.45) is 11.8 Å². The third-order valence-corrected chi connectivity index (χ3v) is 4.85. The van der Waals surface area contributed by atoms with E-state index in [2.05, 4.69) is 0 Å². The first-order valence-electron chi connectivity index (χ1n) is 8.93. The van der Waals surface area contributed by atoms with E-state index in [0.29, 0.717) is 70.9 Å². The molecule has 0 aromatic heterocycles. The average Bonchev–Trinajstić information content (AvgIpc) is 2.62. The molecule has 24 heavy (non-hydrogen) atoms. The smallest absolute Gasteiger partial charge is 0.409 e. The minimum atomic E-state index is -0.286. The Labute approximate surface area is 143 Å². The molecule has 0 saturated carbocycles. The van der Waals surface area contributed by atoms with E-state index >= 15 is 0 Å². The molecular formula is C17H28N2O5. The largest absolute Gasteiger partial charge is 0.450 e. The van der Waals surface area contributed by atoms with Gasteiger partial charge in [-0.1, -0.05) is 0 Å². The molecule has 0 spiro atoms. The Kier molecular flexibility index (Phi) is 6.87. The Morgan fingerprint density at radius 3 is 1.38 bits per heavy atom. The summed E-state index contributed by atoms with van der Waals surface area (Å²) in [5.41, 5.74) is 0. The van der Waals surface area contributed by atoms with Gasteiger partial charge in [-0.3, -0.25) is 4.79 Å². The first kappa shape index (κ1) is 18.5. The van der Waals surface area contributed by atoms with E-state index in [4.69, 9.17) is 9.47 Å². The zero-order valence-electron chi connectivity index (χ0n) is 14.7. The number of nitrogens with zero attached hydrogens (tertiary/aromatic N) is 2. The van der Waals surface area contributed by atoms with E-state index in [1.807, 2.05) is 0 Å². The third-order valence-electron chi connectivity index (χ3n) is 4.85. The molecular weight excluding hydrogens is 312 g/mol. The molecule has 0 N–H and O–H groups in total. The molecule has 0 unspecified atom stereocenters. The maximum Gasteiger partial charge on any atom is 0.409 e. The molecule has 0 radical (unpaired) electrons. The number of piperidine rings is 2. The molecule has 0 atom stereocenters. The molecule has 0 bridgehead atoms. The number of carbonyl (C=O) groups is 3. The van der Waals surface area contributed by atoms with Gasteiger partial charge in [-0.15, -0.1) is 0 Å². The summed E-state index contributed by atoms with van der Waals surface area (Å²) in [6.45, 7) is 6.64. The van der Waals surface area contributed by atoms with E-state index in [1.54, 1.807) is 23.6 Å². The van der Waals surface area contributed by atoms with Crippen LogP contribution in [0.5, 0.6) is 0 Å². The second-order valence-corrected chi connectivity index (χ2v) is 6.32. The fraction of sp³-hybridized carbons (Fsp3) is 0.824. The van der Waals surface area contributed by atoms with Gasteiger partial charge in [0.25, 0.3) is 0 Å². The Morgan fingerprint density at radius 1 is 0.750 bits per heavy atom. The van der Waals surface area contributed by atoms with Crippen LogP contribution in [0.2, 0.25) is 0 Å². The molecule has 2 aliphatic heterocycles. The summed E-state index contributed by atoms with van der Waals surface area (Å²) < 4.78 is 10.0. The van der Waals surface area contributed by atoms with Gasteiger partial charge in [-0.2, -0.15) is 0 Å². The van der Waals surface area contributed by atoms with Crippen LogP contribution in [0.15, 0.2) is 0 Å². The summed E-state index contributed by atoms with van der Waals surface area (Å²) in [6.07, 6.45) is 2.24. The van der Waals surface area contributed by atoms with Crippen molar-refractivity contribution in [2.45, 2.75) is 39.5 Å². The monoisotopic (exact) mass is 340 g/mol. The number of hydrogen-bond acceptors (Lipinski definition) is 5. The van der Waals surface area contributed by atoms with E-state index in [9.17, 15) is 14.4 Å². The number of Topliss-reactive ketones (excluding diaryl/α,β-unsaturated/α-hetero) is 1. The van der Waals surface area contributed by atoms with Gasteiger partial charge in [-0.25, -0.2) is 9.59 Å². The fourth-order valence-corrected chi connectivity index (χ4v) is 3.46. The Balaban J connectivity index is 1.76. The predicted molar refractivity (Wildman–Crippen MR) is 87.6 cm³/mol. The first-order chi connectivity index (χ1) is 11.6. The molecule has 2 heterocycles. The molecule has 2 rings (SSSR count). The van der Waals surface area contributed by atoms with Crippen LogP contribution in [-0.2, 0) is 14.3 Å². The Morgan fingerprint density at radius 2 is 1.08 bits per heavy atom. The number of ether oxygens (including phenoxy) is 2. The quantitative estimate of drug-likeness (QED) is 0.785. The van der Waals surface area contributed by atoms with Crippen LogP contribution in [0, 0.1) is 11.8 Å². The average molecular weight is 340 g/mol. The zero-order chi connectivity index (χ0) is 17.5. The highest BCUT2D eigenvalue weighted by molar-refractivity contribution is 5.84. The Hall–Kier alpha value is -1.79. The van der Waals surface area contributed by atoms with Crippen molar-refractivity contribution < 1.29 is 23.9 Å². The van der Waals surface area contributed by atoms with E-state index in [-0.39, 0.29) is 24.0 Å². The van der Waals surface area contributed by atoms with Crippen molar-refractivity contribution in [2.75, 3.05) is 39.4 Å². The van der Waals surface area contributed by atoms with Crippen molar-refractivity contribution in [1.82, 2.24) is 9.80 Å². The molecule has 136 valence electrons. The van der Waals surface area contributed by atoms with Crippen molar-refractivity contribution in [3.63, 3.8) is 0 Å². The first-order valence-corrected chi connectivity index (χ1v) is 8.93. The topological polar surface area (TPSA) is 76.2 Å². The highest BCUT2D eigenvalue weighted by Crippen LogP contribution is 2.27. The minimum Gasteiger partial charge on any atom is -0.450 e. The van der Waals surface area contributed by atoms with Gasteiger partial charge < -0.3 is 19.3 Å². The summed E-state index contributed by atoms with van der Waals surface area (Å²) in [6, 6.07) is 0. The van der Waals surface area contributed by atoms with Crippen LogP contribution in [0.25, 0.3) is 0 Å². The summed E-state index contributed by atoms with van der Waals surface area (Å²) in [5.74, 6) is 0.339. The maximum absolute atomic E-state index is 12.7. The van der Waals surface area contributed by atoms with Crippen LogP contribution in [0.3, 0.4) is 0 Å². The molecule has 0 aromatic carbocycles. The molecule has 0 aliphatic carbocycles. The summed E-state index contributed by atoms with van der Waals surface area (Å²) >= 11 is 0. The number of ketones is 1. The number of hydrogen-bond donors (Lipinski definition) is 0. The van der Waals surface area contributed by atoms with Crippen LogP contribution in [-0.4, -0.2) is 67.2 Å². The van der Waals surface area contributed by atoms with Gasteiger partial charge in [0, 0.05) is 38.0 Å². The SMILES string of the molecule is CCOC(=O)N1CCC(C(=O)C2CCN(C(=O)OCC)CC2)CC1. The second-order valence-electron chi connectivity index (χ2n) is 6.32. The number of likely N-dealkylation sites (tertiary alicyclic amines) is 2. The Bertz CT molecular complexity index is 412. The lowest BCUT2D eigenvalue weighted by atomic mass is 9.81. The summed E-state index contributed by atoms with van der Waals surface area (Å²) in [7, 11) is 0. The van der Waals surface area contributed by atoms with Crippen LogP contribution >= 0.6 is 0 Å². The van der Waals surface area contributed by atoms with Crippen molar-refractivity contribution >= 4 is 18.0 Å². The van der Waals surface area contributed by atoms with Gasteiger partial charge in [0.1, 0.15) is 5.78 Å². The number of carbonyl (C=O) groups excluding carboxylic acids is 3. The molecule has 2 aliphatic rings. The highest BCUT2D eigenvalue weighted by atomic mass is 16.6. The molecule has 0 aromatic rings. The van der Waals surface area contributed by atoms with Crippen LogP contribution < -0.4 is 0 Å². The summed E-state index contributed by atoms with van der Waals surface area (Å²) in [4.78, 5) is 39.4. The fourth-order valence-electron chi connectivity index (χ4n) is 3.46. The predicted octanol–water partition coefficient (Wildman–Crippen LogP) is 2.29. The third kappa shape index (κ3) is 4.61. The van der Waals surface area contributed by atoms with Crippen molar-refractivity contribution in [3.8, 4) is 0 Å². The molecule has 7 nitrogen and oxygen atoms in total. The standard InChI is InChI=1S/C17H28N2O5/c1-3-23-16(21)18-9-5-13(6-10-18)15(20)14-7-11-19(12-8-14)17(22)24-4-2/h13-14H,3-12H2,1-2H3. The zero-order valence-corrected chi connectivity index (χ0v) is 14.7. The number of rotatable bonds is 4. The second kappa shape index (κ2) is 8.89. The van der Waals surface area contributed by atoms with Crippen molar-refractivity contribution in [3.05, 3.63) is 0 Å². The maximum atomic E-state index is 12.7. The van der Waals surface area contributed by atoms with E-state index in [1.165, 1.54) is 0 Å². The van der Waals surface area contributed by atoms with Gasteiger partial charge in [-0.05, 0) is 39.5 Å². The molecule has 7 heteroatoms. The van der Waals surface area contributed by atoms with Gasteiger partial charge >= 0.3 is 12.2 Å². The minimum absolute atomic E-state index is 0.0230. The van der Waals surface area contributed by atoms with Crippen molar-refractivity contribution in [1.29, 1.82) is 0 Å². The van der Waals surface area contributed by atoms with Crippen LogP contribution in [0.1, 0.15) is 39.5 Å². The van der Waals surface area contributed by atoms with Gasteiger partial charge in [0.15, 0.2) is 0 Å². The van der Waals surface area contributed by atoms with Crippen LogP contribution in [0.4, 0.5) is 9.59 Å². The summed E-state index contributed by atoms with van der Waals surface area (Å²) in [5, 5.41) is 0. The molecule has 2 amide bonds. The molecule has 2 saturated heterocycles. The lowest BCUT2D eigenvalue weighted by Gasteiger charge is -2.35. The van der Waals surface area contributed by atoms with E-state index in [0.717, 1.165) is 0 Å². The normalized spacial score (nSPS) is 19.9. The van der Waals surface area contributed by atoms with E-state index < -0.39 is 0 Å². The molecule has 2 fully saturated rings. The lowest BCUT2D eigenvalue weighted by molar-refractivity contribution is -0.129. The van der Waals surface area contributed by atoms with Gasteiger partial charge in [0.2, 0.25) is 0 Å². The lowest BCUT2D eigenvalue weighted by Crippen LogP contribution is -2.44. The highest BCUT2D eigenvalue weighted by Gasteiger charge is 2.34.